The largest absolute Gasteiger partial charge is 0.322 e. The van der Waals surface area contributed by atoms with Crippen LogP contribution < -0.4 is 0 Å². The number of benzene rings is 2. The summed E-state index contributed by atoms with van der Waals surface area (Å²) in [6.07, 6.45) is 0. The molecule has 0 saturated heterocycles. The summed E-state index contributed by atoms with van der Waals surface area (Å²) in [7, 11) is 0. The first-order valence-electron chi connectivity index (χ1n) is 6.90. The van der Waals surface area contributed by atoms with Crippen LogP contribution in [0.4, 0.5) is 0 Å². The molecule has 0 bridgehead atoms. The lowest BCUT2D eigenvalue weighted by Gasteiger charge is -2.11. The average Bonchev–Trinajstić information content (AvgIpc) is 2.77. The van der Waals surface area contributed by atoms with Crippen LogP contribution in [-0.4, -0.2) is 9.55 Å². The molecule has 2 nitrogen and oxygen atoms in total. The zero-order valence-corrected chi connectivity index (χ0v) is 13.5. The van der Waals surface area contributed by atoms with E-state index in [0.717, 1.165) is 27.4 Å². The lowest BCUT2D eigenvalue weighted by Crippen LogP contribution is -2.05. The SMILES string of the molecule is Cc1ccc2nc(C(C)Cl)n(Cc3cccc(Cl)c3)c2c1. The lowest BCUT2D eigenvalue weighted by molar-refractivity contribution is 0.742. The molecule has 0 saturated carbocycles. The van der Waals surface area contributed by atoms with Gasteiger partial charge in [0.15, 0.2) is 0 Å². The van der Waals surface area contributed by atoms with Crippen LogP contribution in [-0.2, 0) is 6.54 Å². The maximum absolute atomic E-state index is 6.31. The Kier molecular flexibility index (Phi) is 3.92. The molecule has 3 aromatic rings. The number of aromatic nitrogens is 2. The first kappa shape index (κ1) is 14.4. The number of alkyl halides is 1. The minimum atomic E-state index is -0.142. The van der Waals surface area contributed by atoms with Crippen LogP contribution in [0.2, 0.25) is 5.02 Å². The molecular weight excluding hydrogens is 303 g/mol. The van der Waals surface area contributed by atoms with Gasteiger partial charge >= 0.3 is 0 Å². The normalized spacial score (nSPS) is 12.8. The van der Waals surface area contributed by atoms with E-state index >= 15 is 0 Å². The van der Waals surface area contributed by atoms with Crippen LogP contribution in [0.3, 0.4) is 0 Å². The van der Waals surface area contributed by atoms with Gasteiger partial charge in [-0.25, -0.2) is 4.98 Å². The fourth-order valence-corrected chi connectivity index (χ4v) is 2.92. The van der Waals surface area contributed by atoms with Crippen molar-refractivity contribution < 1.29 is 0 Å². The van der Waals surface area contributed by atoms with Crippen molar-refractivity contribution in [3.63, 3.8) is 0 Å². The van der Waals surface area contributed by atoms with E-state index in [1.165, 1.54) is 5.56 Å². The number of hydrogen-bond acceptors (Lipinski definition) is 1. The number of aryl methyl sites for hydroxylation is 1. The van der Waals surface area contributed by atoms with Crippen LogP contribution >= 0.6 is 23.2 Å². The van der Waals surface area contributed by atoms with Crippen LogP contribution in [0.5, 0.6) is 0 Å². The Hall–Kier alpha value is -1.51. The summed E-state index contributed by atoms with van der Waals surface area (Å²) in [4.78, 5) is 4.67. The highest BCUT2D eigenvalue weighted by Crippen LogP contribution is 2.26. The van der Waals surface area contributed by atoms with Crippen molar-refractivity contribution in [2.24, 2.45) is 0 Å². The fourth-order valence-electron chi connectivity index (χ4n) is 2.54. The minimum absolute atomic E-state index is 0.142. The van der Waals surface area contributed by atoms with Crippen molar-refractivity contribution >= 4 is 34.2 Å². The quantitative estimate of drug-likeness (QED) is 0.595. The van der Waals surface area contributed by atoms with Gasteiger partial charge in [0, 0.05) is 11.6 Å². The summed E-state index contributed by atoms with van der Waals surface area (Å²) >= 11 is 12.4. The summed E-state index contributed by atoms with van der Waals surface area (Å²) < 4.78 is 2.17. The smallest absolute Gasteiger partial charge is 0.128 e. The third-order valence-electron chi connectivity index (χ3n) is 3.52. The molecule has 1 aromatic heterocycles. The highest BCUT2D eigenvalue weighted by Gasteiger charge is 2.15. The van der Waals surface area contributed by atoms with E-state index in [1.54, 1.807) is 0 Å². The van der Waals surface area contributed by atoms with Gasteiger partial charge in [-0.1, -0.05) is 29.8 Å². The molecule has 0 spiro atoms. The Morgan fingerprint density at radius 3 is 2.71 bits per heavy atom. The predicted molar refractivity (Wildman–Crippen MR) is 89.3 cm³/mol. The second-order valence-electron chi connectivity index (χ2n) is 5.29. The molecule has 108 valence electrons. The third-order valence-corrected chi connectivity index (χ3v) is 3.95. The molecule has 1 heterocycles. The molecule has 0 radical (unpaired) electrons. The Morgan fingerprint density at radius 1 is 1.19 bits per heavy atom. The first-order valence-corrected chi connectivity index (χ1v) is 7.71. The second kappa shape index (κ2) is 5.70. The van der Waals surface area contributed by atoms with Crippen LogP contribution in [0, 0.1) is 6.92 Å². The Bertz CT molecular complexity index is 791. The molecule has 0 aliphatic heterocycles. The van der Waals surface area contributed by atoms with E-state index in [4.69, 9.17) is 23.2 Å². The first-order chi connectivity index (χ1) is 10.0. The summed E-state index contributed by atoms with van der Waals surface area (Å²) in [5, 5.41) is 0.602. The molecule has 0 aliphatic carbocycles. The average molecular weight is 319 g/mol. The Labute approximate surface area is 134 Å². The molecule has 1 atom stereocenters. The summed E-state index contributed by atoms with van der Waals surface area (Å²) in [6.45, 7) is 4.75. The van der Waals surface area contributed by atoms with Gasteiger partial charge in [-0.2, -0.15) is 0 Å². The van der Waals surface area contributed by atoms with Crippen LogP contribution in [0.15, 0.2) is 42.5 Å². The van der Waals surface area contributed by atoms with Gasteiger partial charge in [-0.05, 0) is 49.2 Å². The van der Waals surface area contributed by atoms with E-state index in [2.05, 4.69) is 34.7 Å². The minimum Gasteiger partial charge on any atom is -0.322 e. The van der Waals surface area contributed by atoms with Crippen molar-refractivity contribution in [2.75, 3.05) is 0 Å². The van der Waals surface area contributed by atoms with Crippen molar-refractivity contribution in [2.45, 2.75) is 25.8 Å². The number of fused-ring (bicyclic) bond motifs is 1. The van der Waals surface area contributed by atoms with Crippen molar-refractivity contribution in [1.82, 2.24) is 9.55 Å². The second-order valence-corrected chi connectivity index (χ2v) is 6.39. The number of halogens is 2. The monoisotopic (exact) mass is 318 g/mol. The Balaban J connectivity index is 2.14. The van der Waals surface area contributed by atoms with E-state index in [-0.39, 0.29) is 5.38 Å². The molecule has 0 aliphatic rings. The van der Waals surface area contributed by atoms with Crippen LogP contribution in [0.1, 0.15) is 29.3 Å². The summed E-state index contributed by atoms with van der Waals surface area (Å²) in [6, 6.07) is 14.2. The Morgan fingerprint density at radius 2 is 2.00 bits per heavy atom. The maximum atomic E-state index is 6.31. The molecule has 2 aromatic carbocycles. The molecular formula is C17H16Cl2N2. The fraction of sp³-hybridized carbons (Fsp3) is 0.235. The van der Waals surface area contributed by atoms with E-state index in [1.807, 2.05) is 31.2 Å². The number of hydrogen-bond donors (Lipinski definition) is 0. The van der Waals surface area contributed by atoms with Crippen molar-refractivity contribution in [1.29, 1.82) is 0 Å². The highest BCUT2D eigenvalue weighted by atomic mass is 35.5. The molecule has 0 N–H and O–H groups in total. The van der Waals surface area contributed by atoms with Gasteiger partial charge in [-0.15, -0.1) is 11.6 Å². The van der Waals surface area contributed by atoms with Crippen molar-refractivity contribution in [3.05, 3.63) is 64.4 Å². The summed E-state index contributed by atoms with van der Waals surface area (Å²) in [5.74, 6) is 0.886. The van der Waals surface area contributed by atoms with E-state index < -0.39 is 0 Å². The lowest BCUT2D eigenvalue weighted by atomic mass is 10.2. The van der Waals surface area contributed by atoms with Gasteiger partial charge in [0.1, 0.15) is 5.82 Å². The standard InChI is InChI=1S/C17H16Cl2N2/c1-11-6-7-15-16(8-11)21(17(20-15)12(2)18)10-13-4-3-5-14(19)9-13/h3-9,12H,10H2,1-2H3. The molecule has 1 unspecified atom stereocenters. The van der Waals surface area contributed by atoms with Gasteiger partial charge in [-0.3, -0.25) is 0 Å². The molecule has 0 amide bonds. The highest BCUT2D eigenvalue weighted by molar-refractivity contribution is 6.30. The van der Waals surface area contributed by atoms with Gasteiger partial charge in [0.25, 0.3) is 0 Å². The molecule has 3 rings (SSSR count). The maximum Gasteiger partial charge on any atom is 0.128 e. The summed E-state index contributed by atoms with van der Waals surface area (Å²) in [5.41, 5.74) is 4.44. The van der Waals surface area contributed by atoms with Crippen molar-refractivity contribution in [3.8, 4) is 0 Å². The zero-order valence-electron chi connectivity index (χ0n) is 12.0. The zero-order chi connectivity index (χ0) is 15.0. The van der Waals surface area contributed by atoms with Crippen LogP contribution in [0.25, 0.3) is 11.0 Å². The molecule has 4 heteroatoms. The van der Waals surface area contributed by atoms with Gasteiger partial charge in [0.2, 0.25) is 0 Å². The third kappa shape index (κ3) is 2.92. The number of imidazole rings is 1. The van der Waals surface area contributed by atoms with Gasteiger partial charge < -0.3 is 4.57 Å². The predicted octanol–water partition coefficient (Wildman–Crippen LogP) is 5.35. The van der Waals surface area contributed by atoms with E-state index in [9.17, 15) is 0 Å². The molecule has 0 fully saturated rings. The number of nitrogens with zero attached hydrogens (tertiary/aromatic N) is 2. The number of rotatable bonds is 3. The molecule has 21 heavy (non-hydrogen) atoms. The van der Waals surface area contributed by atoms with E-state index in [0.29, 0.717) is 6.54 Å². The van der Waals surface area contributed by atoms with Gasteiger partial charge in [0.05, 0.1) is 16.4 Å². The topological polar surface area (TPSA) is 17.8 Å².